The number of carboxylic acid groups (broad SMARTS) is 1. The van der Waals surface area contributed by atoms with Crippen molar-refractivity contribution in [3.8, 4) is 11.5 Å². The number of Topliss-reactive ketones (excluding diaryl/α,β-unsaturated/α-hetero) is 1. The summed E-state index contributed by atoms with van der Waals surface area (Å²) in [6.07, 6.45) is -6.31. The third-order valence-corrected chi connectivity index (χ3v) is 11.5. The number of aliphatic hydroxyl groups is 1. The van der Waals surface area contributed by atoms with Crippen molar-refractivity contribution < 1.29 is 60.4 Å². The largest absolute Gasteiger partial charge is 0.490 e. The summed E-state index contributed by atoms with van der Waals surface area (Å²) >= 11 is 0. The average molecular weight is 791 g/mol. The van der Waals surface area contributed by atoms with E-state index in [1.807, 2.05) is 0 Å². The number of rotatable bonds is 11. The number of aromatic nitrogens is 1. The summed E-state index contributed by atoms with van der Waals surface area (Å²) in [6.45, 7) is 1.76. The lowest BCUT2D eigenvalue weighted by Gasteiger charge is -2.50. The summed E-state index contributed by atoms with van der Waals surface area (Å²) in [4.78, 5) is 45.7. The van der Waals surface area contributed by atoms with Gasteiger partial charge in [-0.2, -0.15) is 26.3 Å². The summed E-state index contributed by atoms with van der Waals surface area (Å²) in [5, 5.41) is 21.5. The molecular weight excluding hydrogens is 746 g/mol. The van der Waals surface area contributed by atoms with Crippen LogP contribution in [0.3, 0.4) is 0 Å². The molecule has 0 unspecified atom stereocenters. The van der Waals surface area contributed by atoms with Gasteiger partial charge in [-0.3, -0.25) is 19.4 Å². The number of carboxylic acids is 1. The molecule has 2 N–H and O–H groups in total. The third kappa shape index (κ3) is 8.37. The second-order valence-electron chi connectivity index (χ2n) is 15.1. The number of amides is 1. The Labute approximate surface area is 320 Å². The molecular formula is C41H44F6N2O7. The Hall–Kier alpha value is -4.66. The number of halogens is 6. The van der Waals surface area contributed by atoms with E-state index in [0.717, 1.165) is 42.6 Å². The molecule has 1 saturated heterocycles. The summed E-state index contributed by atoms with van der Waals surface area (Å²) in [7, 11) is 0. The van der Waals surface area contributed by atoms with Crippen molar-refractivity contribution in [3.63, 3.8) is 0 Å². The Morgan fingerprint density at radius 3 is 2.20 bits per heavy atom. The number of para-hydroxylation sites is 1. The highest BCUT2D eigenvalue weighted by molar-refractivity contribution is 5.96. The van der Waals surface area contributed by atoms with Crippen LogP contribution in [0.5, 0.6) is 11.5 Å². The molecule has 1 aliphatic heterocycles. The number of carbonyl (C=O) groups excluding carboxylic acids is 2. The van der Waals surface area contributed by atoms with Gasteiger partial charge in [0.1, 0.15) is 17.2 Å². The Bertz CT molecular complexity index is 1890. The second kappa shape index (κ2) is 16.1. The lowest BCUT2D eigenvalue weighted by Crippen LogP contribution is -2.66. The standard InChI is InChI=1S/C41H44F6N2O7/c1-2-7-33-39(56-28-15-12-27(13-16-28)40(42,43)44,19-6-23-49(33)36(51)34-31(41(45,46)47)9-5-22-48-34)35(50)25-17-20-38(54,21-18-25)30-8-3-4-10-32(30)55-29-14-11-26(24-29)37(52)53/h3-5,8-10,12-13,15-16,22,25-26,29,33,54H,2,6-7,11,14,17-21,23-24H2,1H3,(H,52,53)/t25?,26-,29-,33+,38?,39-/m0/s1. The minimum atomic E-state index is -4.90. The van der Waals surface area contributed by atoms with Crippen molar-refractivity contribution in [2.24, 2.45) is 11.8 Å². The first-order valence-corrected chi connectivity index (χ1v) is 18.9. The number of aliphatic carboxylic acids is 1. The predicted molar refractivity (Wildman–Crippen MR) is 190 cm³/mol. The zero-order valence-electron chi connectivity index (χ0n) is 30.7. The molecule has 4 atom stereocenters. The lowest BCUT2D eigenvalue weighted by molar-refractivity contribution is -0.153. The number of ketones is 1. The molecule has 0 bridgehead atoms. The zero-order valence-corrected chi connectivity index (χ0v) is 30.7. The van der Waals surface area contributed by atoms with Crippen molar-refractivity contribution in [2.75, 3.05) is 6.54 Å². The second-order valence-corrected chi connectivity index (χ2v) is 15.1. The maximum atomic E-state index is 15.1. The number of ether oxygens (including phenoxy) is 2. The van der Waals surface area contributed by atoms with Crippen molar-refractivity contribution >= 4 is 17.7 Å². The van der Waals surface area contributed by atoms with Gasteiger partial charge in [0.05, 0.1) is 34.8 Å². The molecule has 302 valence electrons. The van der Waals surface area contributed by atoms with Crippen molar-refractivity contribution in [2.45, 2.75) is 113 Å². The molecule has 1 amide bonds. The van der Waals surface area contributed by atoms with Crippen LogP contribution in [-0.2, 0) is 27.5 Å². The van der Waals surface area contributed by atoms with Gasteiger partial charge in [-0.05, 0) is 107 Å². The molecule has 2 heterocycles. The first kappa shape index (κ1) is 41.0. The van der Waals surface area contributed by atoms with Crippen LogP contribution < -0.4 is 9.47 Å². The fourth-order valence-electron chi connectivity index (χ4n) is 8.69. The summed E-state index contributed by atoms with van der Waals surface area (Å²) in [5.41, 5.74) is -5.81. The zero-order chi connectivity index (χ0) is 40.5. The average Bonchev–Trinajstić information content (AvgIpc) is 3.64. The highest BCUT2D eigenvalue weighted by Gasteiger charge is 2.56. The Balaban J connectivity index is 1.31. The first-order chi connectivity index (χ1) is 26.5. The van der Waals surface area contributed by atoms with Crippen LogP contribution >= 0.6 is 0 Å². The van der Waals surface area contributed by atoms with E-state index < -0.39 is 75.9 Å². The Kier molecular flexibility index (Phi) is 11.8. The quantitative estimate of drug-likeness (QED) is 0.185. The van der Waals surface area contributed by atoms with E-state index in [2.05, 4.69) is 4.98 Å². The number of hydrogen-bond acceptors (Lipinski definition) is 7. The molecule has 2 aliphatic carbocycles. The van der Waals surface area contributed by atoms with Gasteiger partial charge < -0.3 is 24.6 Å². The molecule has 9 nitrogen and oxygen atoms in total. The fourth-order valence-corrected chi connectivity index (χ4v) is 8.69. The Morgan fingerprint density at radius 2 is 1.57 bits per heavy atom. The highest BCUT2D eigenvalue weighted by atomic mass is 19.4. The van der Waals surface area contributed by atoms with Crippen LogP contribution in [0.2, 0.25) is 0 Å². The number of benzene rings is 2. The van der Waals surface area contributed by atoms with E-state index in [4.69, 9.17) is 9.47 Å². The van der Waals surface area contributed by atoms with E-state index >= 15 is 4.79 Å². The molecule has 0 spiro atoms. The molecule has 0 radical (unpaired) electrons. The number of pyridine rings is 1. The molecule has 6 rings (SSSR count). The molecule has 1 aromatic heterocycles. The number of carbonyl (C=O) groups is 3. The highest BCUT2D eigenvalue weighted by Crippen LogP contribution is 2.48. The van der Waals surface area contributed by atoms with Gasteiger partial charge in [0.15, 0.2) is 11.4 Å². The number of likely N-dealkylation sites (tertiary alicyclic amines) is 1. The SMILES string of the molecule is CCC[C@H]1N(C(=O)c2ncccc2C(F)(F)F)CCC[C@@]1(Oc1ccc(C(F)(F)F)cc1)C(=O)C1CCC(O)(c2ccccc2O[C@H]2CC[C@H](C(=O)O)C2)CC1. The Morgan fingerprint density at radius 1 is 0.875 bits per heavy atom. The van der Waals surface area contributed by atoms with Gasteiger partial charge in [0.25, 0.3) is 5.91 Å². The van der Waals surface area contributed by atoms with Crippen molar-refractivity contribution in [1.82, 2.24) is 9.88 Å². The van der Waals surface area contributed by atoms with Gasteiger partial charge in [-0.25, -0.2) is 0 Å². The van der Waals surface area contributed by atoms with E-state index in [0.29, 0.717) is 37.0 Å². The normalized spacial score (nSPS) is 27.1. The summed E-state index contributed by atoms with van der Waals surface area (Å²) < 4.78 is 95.4. The number of alkyl halides is 6. The molecule has 3 aromatic rings. The topological polar surface area (TPSA) is 126 Å². The van der Waals surface area contributed by atoms with Crippen LogP contribution in [0, 0.1) is 11.8 Å². The van der Waals surface area contributed by atoms with Crippen LogP contribution in [0.15, 0.2) is 66.9 Å². The van der Waals surface area contributed by atoms with Gasteiger partial charge >= 0.3 is 18.3 Å². The minimum absolute atomic E-state index is 0.0157. The number of hydrogen-bond donors (Lipinski definition) is 2. The smallest absolute Gasteiger partial charge is 0.418 e. The summed E-state index contributed by atoms with van der Waals surface area (Å²) in [6, 6.07) is 11.4. The summed E-state index contributed by atoms with van der Waals surface area (Å²) in [5.74, 6) is -3.33. The van der Waals surface area contributed by atoms with Gasteiger partial charge in [-0.1, -0.05) is 31.5 Å². The van der Waals surface area contributed by atoms with Crippen LogP contribution in [-0.4, -0.2) is 62.0 Å². The van der Waals surface area contributed by atoms with Crippen LogP contribution in [0.25, 0.3) is 0 Å². The molecule has 3 fully saturated rings. The molecule has 56 heavy (non-hydrogen) atoms. The molecule has 2 aromatic carbocycles. The lowest BCUT2D eigenvalue weighted by atomic mass is 9.68. The monoisotopic (exact) mass is 790 g/mol. The van der Waals surface area contributed by atoms with Crippen molar-refractivity contribution in [3.05, 3.63) is 89.2 Å². The van der Waals surface area contributed by atoms with E-state index in [1.165, 1.54) is 4.90 Å². The molecule has 2 saturated carbocycles. The van der Waals surface area contributed by atoms with Crippen LogP contribution in [0.1, 0.15) is 105 Å². The van der Waals surface area contributed by atoms with E-state index in [1.54, 1.807) is 31.2 Å². The fraction of sp³-hybridized carbons (Fsp3) is 0.512. The van der Waals surface area contributed by atoms with Gasteiger partial charge in [0, 0.05) is 24.2 Å². The third-order valence-electron chi connectivity index (χ3n) is 11.5. The van der Waals surface area contributed by atoms with E-state index in [-0.39, 0.29) is 63.3 Å². The van der Waals surface area contributed by atoms with Gasteiger partial charge in [-0.15, -0.1) is 0 Å². The van der Waals surface area contributed by atoms with Crippen molar-refractivity contribution in [1.29, 1.82) is 0 Å². The van der Waals surface area contributed by atoms with Gasteiger partial charge in [0.2, 0.25) is 0 Å². The predicted octanol–water partition coefficient (Wildman–Crippen LogP) is 8.62. The maximum absolute atomic E-state index is 15.1. The van der Waals surface area contributed by atoms with Crippen LogP contribution in [0.4, 0.5) is 26.3 Å². The van der Waals surface area contributed by atoms with E-state index in [9.17, 15) is 46.1 Å². The molecule has 3 aliphatic rings. The maximum Gasteiger partial charge on any atom is 0.418 e. The minimum Gasteiger partial charge on any atom is -0.490 e. The number of nitrogens with zero attached hydrogens (tertiary/aromatic N) is 2. The molecule has 15 heteroatoms. The first-order valence-electron chi connectivity index (χ1n) is 18.9. The number of piperidine rings is 1.